The van der Waals surface area contributed by atoms with Crippen molar-refractivity contribution >= 4 is 40.7 Å². The first kappa shape index (κ1) is 21.1. The molecule has 0 aromatic carbocycles. The first-order valence-electron chi connectivity index (χ1n) is 7.22. The van der Waals surface area contributed by atoms with Crippen molar-refractivity contribution in [3.8, 4) is 0 Å². The summed E-state index contributed by atoms with van der Waals surface area (Å²) in [6, 6.07) is 0. The summed E-state index contributed by atoms with van der Waals surface area (Å²) in [5.41, 5.74) is 0. The van der Waals surface area contributed by atoms with E-state index in [9.17, 15) is 4.21 Å². The molecule has 1 heterocycles. The maximum absolute atomic E-state index is 12.0. The molecule has 0 radical (unpaired) electrons. The second-order valence-electron chi connectivity index (χ2n) is 6.25. The molecule has 1 aliphatic rings. The van der Waals surface area contributed by atoms with Crippen molar-refractivity contribution in [2.24, 2.45) is 10.9 Å². The third-order valence-electron chi connectivity index (χ3n) is 3.38. The molecule has 1 rings (SSSR count). The monoisotopic (exact) mass is 431 g/mol. The number of hydrogen-bond acceptors (Lipinski definition) is 3. The number of guanidine groups is 1. The van der Waals surface area contributed by atoms with Crippen LogP contribution in [0.25, 0.3) is 0 Å². The number of nitrogens with zero attached hydrogens (tertiary/aromatic N) is 2. The first-order chi connectivity index (χ1) is 9.34. The Kier molecular flexibility index (Phi) is 10.0. The molecule has 1 N–H and O–H groups in total. The van der Waals surface area contributed by atoms with Gasteiger partial charge in [-0.15, -0.1) is 24.0 Å². The summed E-state index contributed by atoms with van der Waals surface area (Å²) in [6.07, 6.45) is 1.12. The zero-order valence-electron chi connectivity index (χ0n) is 13.8. The summed E-state index contributed by atoms with van der Waals surface area (Å²) in [7, 11) is 2.99. The van der Waals surface area contributed by atoms with Crippen LogP contribution in [0.5, 0.6) is 0 Å². The molecule has 5 nitrogen and oxygen atoms in total. The smallest absolute Gasteiger partial charge is 0.193 e. The Morgan fingerprint density at radius 2 is 2.14 bits per heavy atom. The van der Waals surface area contributed by atoms with Crippen LogP contribution < -0.4 is 5.32 Å². The topological polar surface area (TPSA) is 53.9 Å². The molecule has 0 saturated carbocycles. The molecule has 0 spiro atoms. The number of hydrogen-bond donors (Lipinski definition) is 1. The van der Waals surface area contributed by atoms with Crippen molar-refractivity contribution in [2.45, 2.75) is 31.9 Å². The van der Waals surface area contributed by atoms with Gasteiger partial charge in [0, 0.05) is 61.0 Å². The van der Waals surface area contributed by atoms with Gasteiger partial charge in [-0.25, -0.2) is 0 Å². The van der Waals surface area contributed by atoms with Crippen molar-refractivity contribution in [1.29, 1.82) is 0 Å². The van der Waals surface area contributed by atoms with Crippen LogP contribution in [-0.4, -0.2) is 66.0 Å². The van der Waals surface area contributed by atoms with Crippen LogP contribution in [0.1, 0.15) is 27.2 Å². The first-order valence-corrected chi connectivity index (χ1v) is 8.54. The maximum atomic E-state index is 12.0. The average molecular weight is 431 g/mol. The lowest BCUT2D eigenvalue weighted by atomic mass is 10.1. The van der Waals surface area contributed by atoms with Crippen LogP contribution in [0.2, 0.25) is 0 Å². The van der Waals surface area contributed by atoms with Gasteiger partial charge in [0.05, 0.1) is 6.61 Å². The Morgan fingerprint density at radius 1 is 1.48 bits per heavy atom. The molecule has 0 aliphatic carbocycles. The normalized spacial score (nSPS) is 20.8. The van der Waals surface area contributed by atoms with Crippen LogP contribution >= 0.6 is 24.0 Å². The molecular formula is C14H30IN3O2S. The lowest BCUT2D eigenvalue weighted by Gasteiger charge is -2.25. The largest absolute Gasteiger partial charge is 0.381 e. The van der Waals surface area contributed by atoms with E-state index in [4.69, 9.17) is 4.74 Å². The van der Waals surface area contributed by atoms with Crippen molar-refractivity contribution in [1.82, 2.24) is 10.2 Å². The van der Waals surface area contributed by atoms with Crippen LogP contribution in [-0.2, 0) is 15.5 Å². The molecule has 1 fully saturated rings. The van der Waals surface area contributed by atoms with E-state index in [1.165, 1.54) is 0 Å². The second kappa shape index (κ2) is 9.99. The molecule has 1 saturated heterocycles. The van der Waals surface area contributed by atoms with E-state index in [2.05, 4.69) is 15.2 Å². The molecule has 0 amide bonds. The number of halogens is 1. The summed E-state index contributed by atoms with van der Waals surface area (Å²) in [5, 5.41) is 3.29. The lowest BCUT2D eigenvalue weighted by Crippen LogP contribution is -2.43. The molecule has 126 valence electrons. The fourth-order valence-electron chi connectivity index (χ4n) is 2.15. The predicted octanol–water partition coefficient (Wildman–Crippen LogP) is 1.70. The van der Waals surface area contributed by atoms with Crippen LogP contribution in [0.15, 0.2) is 4.99 Å². The van der Waals surface area contributed by atoms with Gasteiger partial charge in [0.15, 0.2) is 5.96 Å². The van der Waals surface area contributed by atoms with Gasteiger partial charge in [-0.3, -0.25) is 9.20 Å². The van der Waals surface area contributed by atoms with Crippen LogP contribution in [0.4, 0.5) is 0 Å². The fraction of sp³-hybridized carbons (Fsp3) is 0.929. The molecule has 2 atom stereocenters. The summed E-state index contributed by atoms with van der Waals surface area (Å²) in [6.45, 7) is 9.35. The van der Waals surface area contributed by atoms with Gasteiger partial charge in [-0.05, 0) is 27.2 Å². The molecule has 1 aliphatic heterocycles. The average Bonchev–Trinajstić information content (AvgIpc) is 2.85. The molecular weight excluding hydrogens is 401 g/mol. The standard InChI is InChI=1S/C14H29N3O2S.HI/c1-14(2,3)20(18)9-7-16-13(15-4)17(5)10-12-6-8-19-11-12;/h12H,6-11H2,1-5H3,(H,15,16);1H. The van der Waals surface area contributed by atoms with E-state index in [0.717, 1.165) is 32.1 Å². The number of ether oxygens (including phenoxy) is 1. The Balaban J connectivity index is 0.00000400. The Morgan fingerprint density at radius 3 is 2.62 bits per heavy atom. The van der Waals surface area contributed by atoms with E-state index < -0.39 is 10.8 Å². The SMILES string of the molecule is CN=C(NCCS(=O)C(C)(C)C)N(C)CC1CCOC1.I. The minimum atomic E-state index is -0.829. The van der Waals surface area contributed by atoms with E-state index in [1.807, 2.05) is 27.8 Å². The molecule has 2 unspecified atom stereocenters. The number of aliphatic imine (C=N–C) groups is 1. The van der Waals surface area contributed by atoms with Crippen molar-refractivity contribution in [3.63, 3.8) is 0 Å². The Labute approximate surface area is 148 Å². The van der Waals surface area contributed by atoms with Crippen molar-refractivity contribution < 1.29 is 8.95 Å². The third-order valence-corrected chi connectivity index (χ3v) is 5.32. The highest BCUT2D eigenvalue weighted by atomic mass is 127. The summed E-state index contributed by atoms with van der Waals surface area (Å²) in [4.78, 5) is 6.41. The molecule has 21 heavy (non-hydrogen) atoms. The molecule has 0 aromatic rings. The van der Waals surface area contributed by atoms with Gasteiger partial charge in [0.25, 0.3) is 0 Å². The summed E-state index contributed by atoms with van der Waals surface area (Å²) < 4.78 is 17.2. The van der Waals surface area contributed by atoms with Gasteiger partial charge in [-0.2, -0.15) is 0 Å². The molecule has 0 aromatic heterocycles. The summed E-state index contributed by atoms with van der Waals surface area (Å²) >= 11 is 0. The van der Waals surface area contributed by atoms with Gasteiger partial charge in [0.2, 0.25) is 0 Å². The highest BCUT2D eigenvalue weighted by molar-refractivity contribution is 14.0. The van der Waals surface area contributed by atoms with E-state index in [0.29, 0.717) is 18.2 Å². The zero-order valence-corrected chi connectivity index (χ0v) is 17.0. The van der Waals surface area contributed by atoms with Crippen LogP contribution in [0, 0.1) is 5.92 Å². The predicted molar refractivity (Wildman–Crippen MR) is 101 cm³/mol. The minimum absolute atomic E-state index is 0. The lowest BCUT2D eigenvalue weighted by molar-refractivity contribution is 0.181. The Hall–Kier alpha value is 0.110. The zero-order chi connectivity index (χ0) is 15.2. The van der Waals surface area contributed by atoms with Gasteiger partial charge < -0.3 is 15.0 Å². The summed E-state index contributed by atoms with van der Waals surface area (Å²) in [5.74, 6) is 2.09. The van der Waals surface area contributed by atoms with Crippen LogP contribution in [0.3, 0.4) is 0 Å². The van der Waals surface area contributed by atoms with E-state index in [1.54, 1.807) is 7.05 Å². The highest BCUT2D eigenvalue weighted by Crippen LogP contribution is 2.13. The maximum Gasteiger partial charge on any atom is 0.193 e. The van der Waals surface area contributed by atoms with Gasteiger partial charge >= 0.3 is 0 Å². The fourth-order valence-corrected chi connectivity index (χ4v) is 3.05. The van der Waals surface area contributed by atoms with Crippen molar-refractivity contribution in [2.75, 3.05) is 46.2 Å². The highest BCUT2D eigenvalue weighted by Gasteiger charge is 2.20. The number of nitrogens with one attached hydrogen (secondary N) is 1. The molecule has 0 bridgehead atoms. The Bertz CT molecular complexity index is 353. The quantitative estimate of drug-likeness (QED) is 0.409. The second-order valence-corrected chi connectivity index (χ2v) is 8.57. The minimum Gasteiger partial charge on any atom is -0.381 e. The third kappa shape index (κ3) is 7.78. The van der Waals surface area contributed by atoms with Gasteiger partial charge in [0.1, 0.15) is 0 Å². The number of rotatable bonds is 5. The van der Waals surface area contributed by atoms with Gasteiger partial charge in [-0.1, -0.05) is 0 Å². The van der Waals surface area contributed by atoms with E-state index in [-0.39, 0.29) is 28.7 Å². The van der Waals surface area contributed by atoms with E-state index >= 15 is 0 Å². The molecule has 7 heteroatoms. The van der Waals surface area contributed by atoms with Crippen molar-refractivity contribution in [3.05, 3.63) is 0 Å².